The standard InChI is InChI=1S/C12H15IN2O/c13-10-5-3-9(4-6-10)8-15-7-1-2-11(15)12(14)16/h3-6,11H,1-2,7-8H2,(H2,14,16)/t11-/m0/s1. The second-order valence-corrected chi connectivity index (χ2v) is 5.40. The molecule has 0 aliphatic carbocycles. The van der Waals surface area contributed by atoms with Gasteiger partial charge in [-0.3, -0.25) is 9.69 Å². The van der Waals surface area contributed by atoms with Crippen molar-refractivity contribution < 1.29 is 4.79 Å². The number of hydrogen-bond donors (Lipinski definition) is 1. The molecule has 0 aromatic heterocycles. The lowest BCUT2D eigenvalue weighted by atomic mass is 10.2. The van der Waals surface area contributed by atoms with Gasteiger partial charge in [0.25, 0.3) is 0 Å². The quantitative estimate of drug-likeness (QED) is 0.858. The van der Waals surface area contributed by atoms with Crippen LogP contribution in [0.3, 0.4) is 0 Å². The zero-order chi connectivity index (χ0) is 11.5. The number of hydrogen-bond acceptors (Lipinski definition) is 2. The van der Waals surface area contributed by atoms with Gasteiger partial charge in [0, 0.05) is 10.1 Å². The Morgan fingerprint density at radius 3 is 2.75 bits per heavy atom. The van der Waals surface area contributed by atoms with Crippen LogP contribution < -0.4 is 5.73 Å². The molecule has 0 radical (unpaired) electrons. The van der Waals surface area contributed by atoms with E-state index in [1.165, 1.54) is 9.13 Å². The maximum atomic E-state index is 11.2. The van der Waals surface area contributed by atoms with E-state index in [0.717, 1.165) is 25.9 Å². The summed E-state index contributed by atoms with van der Waals surface area (Å²) >= 11 is 2.29. The van der Waals surface area contributed by atoms with Crippen molar-refractivity contribution in [2.24, 2.45) is 5.73 Å². The minimum Gasteiger partial charge on any atom is -0.368 e. The Morgan fingerprint density at radius 1 is 1.44 bits per heavy atom. The molecule has 0 unspecified atom stereocenters. The number of primary amides is 1. The van der Waals surface area contributed by atoms with Gasteiger partial charge in [0.2, 0.25) is 5.91 Å². The van der Waals surface area contributed by atoms with Crippen molar-refractivity contribution in [2.75, 3.05) is 6.54 Å². The summed E-state index contributed by atoms with van der Waals surface area (Å²) in [7, 11) is 0. The molecular weight excluding hydrogens is 315 g/mol. The normalized spacial score (nSPS) is 21.2. The molecule has 1 aromatic rings. The molecule has 1 atom stereocenters. The molecular formula is C12H15IN2O. The number of likely N-dealkylation sites (tertiary alicyclic amines) is 1. The van der Waals surface area contributed by atoms with Gasteiger partial charge in [0.1, 0.15) is 0 Å². The van der Waals surface area contributed by atoms with Crippen LogP contribution in [0.2, 0.25) is 0 Å². The highest BCUT2D eigenvalue weighted by Gasteiger charge is 2.28. The minimum atomic E-state index is -0.192. The Labute approximate surface area is 109 Å². The molecule has 1 amide bonds. The zero-order valence-electron chi connectivity index (χ0n) is 9.03. The van der Waals surface area contributed by atoms with Crippen LogP contribution in [0.15, 0.2) is 24.3 Å². The Hall–Kier alpha value is -0.620. The van der Waals surface area contributed by atoms with Crippen molar-refractivity contribution in [2.45, 2.75) is 25.4 Å². The van der Waals surface area contributed by atoms with Crippen molar-refractivity contribution in [1.82, 2.24) is 4.90 Å². The van der Waals surface area contributed by atoms with Crippen LogP contribution in [0.4, 0.5) is 0 Å². The fourth-order valence-electron chi connectivity index (χ4n) is 2.16. The number of nitrogens with two attached hydrogens (primary N) is 1. The predicted molar refractivity (Wildman–Crippen MR) is 71.8 cm³/mol. The summed E-state index contributed by atoms with van der Waals surface area (Å²) in [6.07, 6.45) is 1.97. The maximum Gasteiger partial charge on any atom is 0.234 e. The topological polar surface area (TPSA) is 46.3 Å². The molecule has 1 aliphatic heterocycles. The number of carbonyl (C=O) groups excluding carboxylic acids is 1. The second-order valence-electron chi connectivity index (χ2n) is 4.16. The summed E-state index contributed by atoms with van der Waals surface area (Å²) in [6.45, 7) is 1.80. The third-order valence-electron chi connectivity index (χ3n) is 2.99. The van der Waals surface area contributed by atoms with Crippen LogP contribution in [-0.4, -0.2) is 23.4 Å². The van der Waals surface area contributed by atoms with Crippen molar-refractivity contribution >= 4 is 28.5 Å². The average molecular weight is 330 g/mol. The predicted octanol–water partition coefficient (Wildman–Crippen LogP) is 1.74. The first-order valence-electron chi connectivity index (χ1n) is 5.44. The van der Waals surface area contributed by atoms with Crippen molar-refractivity contribution in [1.29, 1.82) is 0 Å². The fourth-order valence-corrected chi connectivity index (χ4v) is 2.52. The molecule has 0 saturated carbocycles. The molecule has 1 heterocycles. The van der Waals surface area contributed by atoms with Crippen molar-refractivity contribution in [3.05, 3.63) is 33.4 Å². The van der Waals surface area contributed by atoms with Crippen LogP contribution in [0.25, 0.3) is 0 Å². The van der Waals surface area contributed by atoms with E-state index in [1.807, 2.05) is 0 Å². The Morgan fingerprint density at radius 2 is 2.12 bits per heavy atom. The highest BCUT2D eigenvalue weighted by molar-refractivity contribution is 14.1. The number of halogens is 1. The van der Waals surface area contributed by atoms with Gasteiger partial charge >= 0.3 is 0 Å². The molecule has 2 rings (SSSR count). The summed E-state index contributed by atoms with van der Waals surface area (Å²) in [5.41, 5.74) is 6.63. The SMILES string of the molecule is NC(=O)[C@@H]1CCCN1Cc1ccc(I)cc1. The molecule has 2 N–H and O–H groups in total. The molecule has 0 spiro atoms. The summed E-state index contributed by atoms with van der Waals surface area (Å²) in [5, 5.41) is 0. The van der Waals surface area contributed by atoms with E-state index >= 15 is 0 Å². The summed E-state index contributed by atoms with van der Waals surface area (Å²) in [4.78, 5) is 13.4. The van der Waals surface area contributed by atoms with E-state index < -0.39 is 0 Å². The average Bonchev–Trinajstić information content (AvgIpc) is 2.69. The maximum absolute atomic E-state index is 11.2. The van der Waals surface area contributed by atoms with Crippen molar-refractivity contribution in [3.63, 3.8) is 0 Å². The first-order chi connectivity index (χ1) is 7.66. The molecule has 1 saturated heterocycles. The lowest BCUT2D eigenvalue weighted by Gasteiger charge is -2.21. The Balaban J connectivity index is 2.03. The van der Waals surface area contributed by atoms with Gasteiger partial charge in [-0.25, -0.2) is 0 Å². The minimum absolute atomic E-state index is 0.0701. The number of nitrogens with zero attached hydrogens (tertiary/aromatic N) is 1. The molecule has 86 valence electrons. The van der Waals surface area contributed by atoms with Crippen molar-refractivity contribution in [3.8, 4) is 0 Å². The third-order valence-corrected chi connectivity index (χ3v) is 3.71. The highest BCUT2D eigenvalue weighted by atomic mass is 127. The van der Waals surface area contributed by atoms with E-state index in [2.05, 4.69) is 51.8 Å². The lowest BCUT2D eigenvalue weighted by molar-refractivity contribution is -0.122. The smallest absolute Gasteiger partial charge is 0.234 e. The number of rotatable bonds is 3. The van der Waals surface area contributed by atoms with Gasteiger partial charge < -0.3 is 5.73 Å². The summed E-state index contributed by atoms with van der Waals surface area (Å²) < 4.78 is 1.23. The van der Waals surface area contributed by atoms with Gasteiger partial charge in [0.05, 0.1) is 6.04 Å². The van der Waals surface area contributed by atoms with Crippen LogP contribution in [-0.2, 0) is 11.3 Å². The lowest BCUT2D eigenvalue weighted by Crippen LogP contribution is -2.39. The van der Waals surface area contributed by atoms with Crippen LogP contribution in [0, 0.1) is 3.57 Å². The van der Waals surface area contributed by atoms with Gasteiger partial charge in [0.15, 0.2) is 0 Å². The number of carbonyl (C=O) groups is 1. The van der Waals surface area contributed by atoms with E-state index in [4.69, 9.17) is 5.73 Å². The second kappa shape index (κ2) is 5.14. The van der Waals surface area contributed by atoms with E-state index in [9.17, 15) is 4.79 Å². The molecule has 4 heteroatoms. The Kier molecular flexibility index (Phi) is 3.81. The number of amides is 1. The molecule has 1 aliphatic rings. The summed E-state index contributed by atoms with van der Waals surface area (Å²) in [6, 6.07) is 8.33. The highest BCUT2D eigenvalue weighted by Crippen LogP contribution is 2.20. The van der Waals surface area contributed by atoms with E-state index in [0.29, 0.717) is 0 Å². The summed E-state index contributed by atoms with van der Waals surface area (Å²) in [5.74, 6) is -0.192. The molecule has 16 heavy (non-hydrogen) atoms. The largest absolute Gasteiger partial charge is 0.368 e. The van der Waals surface area contributed by atoms with Gasteiger partial charge in [-0.15, -0.1) is 0 Å². The van der Waals surface area contributed by atoms with Crippen LogP contribution in [0.5, 0.6) is 0 Å². The van der Waals surface area contributed by atoms with Gasteiger partial charge in [-0.1, -0.05) is 12.1 Å². The molecule has 0 bridgehead atoms. The first kappa shape index (κ1) is 11.9. The van der Waals surface area contributed by atoms with Gasteiger partial charge in [-0.05, 0) is 59.7 Å². The van der Waals surface area contributed by atoms with E-state index in [-0.39, 0.29) is 11.9 Å². The molecule has 1 fully saturated rings. The third kappa shape index (κ3) is 2.74. The first-order valence-corrected chi connectivity index (χ1v) is 6.52. The molecule has 1 aromatic carbocycles. The van der Waals surface area contributed by atoms with Gasteiger partial charge in [-0.2, -0.15) is 0 Å². The monoisotopic (exact) mass is 330 g/mol. The fraction of sp³-hybridized carbons (Fsp3) is 0.417. The zero-order valence-corrected chi connectivity index (χ0v) is 11.2. The number of benzene rings is 1. The molecule has 3 nitrogen and oxygen atoms in total. The van der Waals surface area contributed by atoms with Crippen LogP contribution in [0.1, 0.15) is 18.4 Å². The van der Waals surface area contributed by atoms with E-state index in [1.54, 1.807) is 0 Å². The van der Waals surface area contributed by atoms with Crippen LogP contribution >= 0.6 is 22.6 Å². The Bertz CT molecular complexity index is 377.